The molecule has 3 amide bonds. The van der Waals surface area contributed by atoms with Crippen LogP contribution in [0.4, 0.5) is 46.5 Å². The zero-order valence-corrected chi connectivity index (χ0v) is 46.8. The average molecular weight is 1120 g/mol. The second-order valence-corrected chi connectivity index (χ2v) is 25.1. The van der Waals surface area contributed by atoms with Gasteiger partial charge in [0.05, 0.1) is 45.5 Å². The first-order valence-corrected chi connectivity index (χ1v) is 29.7. The molecule has 8 heterocycles. The van der Waals surface area contributed by atoms with Gasteiger partial charge in [0.25, 0.3) is 0 Å². The fraction of sp³-hybridized carbons (Fsp3) is 0.413. The lowest BCUT2D eigenvalue weighted by atomic mass is 9.74. The summed E-state index contributed by atoms with van der Waals surface area (Å²) < 4.78 is 86.1. The zero-order valence-electron chi connectivity index (χ0n) is 46.0. The quantitative estimate of drug-likeness (QED) is 0.0620. The molecule has 1 aromatic heterocycles. The van der Waals surface area contributed by atoms with Crippen LogP contribution in [0, 0.1) is 0 Å². The molecule has 2 bridgehead atoms. The molecule has 7 aliphatic rings. The highest BCUT2D eigenvalue weighted by atomic mass is 32.2. The summed E-state index contributed by atoms with van der Waals surface area (Å²) in [5.74, 6) is 0.531. The number of ketones is 1. The van der Waals surface area contributed by atoms with Gasteiger partial charge in [-0.25, -0.2) is 18.2 Å². The van der Waals surface area contributed by atoms with Crippen LogP contribution in [0.3, 0.4) is 0 Å². The Morgan fingerprint density at radius 1 is 0.815 bits per heavy atom. The van der Waals surface area contributed by atoms with E-state index in [-0.39, 0.29) is 46.3 Å². The first-order chi connectivity index (χ1) is 38.6. The lowest BCUT2D eigenvalue weighted by molar-refractivity contribution is -0.445. The number of hydrogen-bond acceptors (Lipinski definition) is 10. The number of urea groups is 1. The zero-order chi connectivity index (χ0) is 56.8. The van der Waals surface area contributed by atoms with Crippen LogP contribution in [0.2, 0.25) is 0 Å². The first-order valence-electron chi connectivity index (χ1n) is 28.3. The van der Waals surface area contributed by atoms with Gasteiger partial charge in [-0.05, 0) is 123 Å². The summed E-state index contributed by atoms with van der Waals surface area (Å²) in [6.45, 7) is 12.0. The van der Waals surface area contributed by atoms with Gasteiger partial charge in [-0.2, -0.15) is 17.7 Å². The molecule has 18 heteroatoms. The van der Waals surface area contributed by atoms with Gasteiger partial charge in [-0.3, -0.25) is 14.5 Å². The molecule has 5 aromatic rings. The molecule has 3 atom stereocenters. The Morgan fingerprint density at radius 3 is 2.36 bits per heavy atom. The molecule has 2 unspecified atom stereocenters. The third-order valence-corrected chi connectivity index (χ3v) is 18.5. The number of halogens is 3. The first kappa shape index (κ1) is 54.4. The Kier molecular flexibility index (Phi) is 13.9. The number of aromatic nitrogens is 1. The summed E-state index contributed by atoms with van der Waals surface area (Å²) in [5.41, 5.74) is 10.8. The number of carbonyl (C=O) groups is 3. The van der Waals surface area contributed by atoms with Crippen molar-refractivity contribution in [2.45, 2.75) is 145 Å². The minimum atomic E-state index is -4.62. The Labute approximate surface area is 470 Å². The molecule has 1 fully saturated rings. The monoisotopic (exact) mass is 1120 g/mol. The van der Waals surface area contributed by atoms with Crippen molar-refractivity contribution in [1.29, 1.82) is 0 Å². The topological polar surface area (TPSA) is 167 Å². The van der Waals surface area contributed by atoms with Crippen molar-refractivity contribution < 1.29 is 49.8 Å². The van der Waals surface area contributed by atoms with Gasteiger partial charge in [-0.15, -0.1) is 0 Å². The fourth-order valence-electron chi connectivity index (χ4n) is 13.7. The van der Waals surface area contributed by atoms with Gasteiger partial charge in [0.15, 0.2) is 18.1 Å². The molecule has 2 N–H and O–H groups in total. The summed E-state index contributed by atoms with van der Waals surface area (Å²) in [6, 6.07) is 26.4. The summed E-state index contributed by atoms with van der Waals surface area (Å²) in [5, 5.41) is 5.98. The van der Waals surface area contributed by atoms with E-state index in [0.29, 0.717) is 61.5 Å². The standard InChI is InChI=1S/C63H66F3N7O7S/c1-61(2)48-32-39(18-23-51(48)71-29-26-54-46(57(61)71)35-47-55(80-54)27-30-72-52-24-21-45(81(77,78)79)34-49(52)62(3,4)58(47)72)31-44(74)14-7-5-6-8-15-56(75)67-36-38-16-19-42(20-17-38)68-60(76)73-43-13-10-28-70(37-43)53-25-22-50(69-59(53)73)40-11-9-12-41(33-40)63(64,65)66/h9,11-12,16-25,32-35,43,54-55H,5-8,10,13-15,26-31,36-37H2,1-4H3,(H2-,67,68,75,76,77,78,79)/t43-,54?,55?/m0/s1. The van der Waals surface area contributed by atoms with Crippen molar-refractivity contribution in [3.63, 3.8) is 0 Å². The highest BCUT2D eigenvalue weighted by Crippen LogP contribution is 2.55. The van der Waals surface area contributed by atoms with E-state index < -0.39 is 27.3 Å². The van der Waals surface area contributed by atoms with Crippen LogP contribution in [-0.2, 0) is 54.4 Å². The number of alkyl halides is 3. The van der Waals surface area contributed by atoms with Crippen LogP contribution < -0.4 is 25.3 Å². The van der Waals surface area contributed by atoms with Gasteiger partial charge < -0.3 is 29.7 Å². The van der Waals surface area contributed by atoms with Crippen LogP contribution >= 0.6 is 0 Å². The van der Waals surface area contributed by atoms with Gasteiger partial charge >= 0.3 is 12.2 Å². The molecule has 81 heavy (non-hydrogen) atoms. The molecule has 0 spiro atoms. The maximum atomic E-state index is 14.0. The summed E-state index contributed by atoms with van der Waals surface area (Å²) in [7, 11) is -4.62. The number of nitrogens with zero attached hydrogens (tertiary/aromatic N) is 5. The predicted octanol–water partition coefficient (Wildman–Crippen LogP) is 11.4. The van der Waals surface area contributed by atoms with Crippen molar-refractivity contribution in [2.24, 2.45) is 0 Å². The van der Waals surface area contributed by atoms with E-state index in [1.54, 1.807) is 41.3 Å². The minimum Gasteiger partial charge on any atom is -0.744 e. The molecule has 0 saturated carbocycles. The molecular weight excluding hydrogens is 1060 g/mol. The summed E-state index contributed by atoms with van der Waals surface area (Å²) in [4.78, 5) is 51.0. The molecular formula is C63H66F3N7O7S. The molecule has 4 aromatic carbocycles. The van der Waals surface area contributed by atoms with Gasteiger partial charge in [-0.1, -0.05) is 63.1 Å². The van der Waals surface area contributed by atoms with E-state index in [1.165, 1.54) is 23.4 Å². The molecule has 7 aliphatic heterocycles. The number of rotatable bonds is 14. The Hall–Kier alpha value is -7.15. The second-order valence-electron chi connectivity index (χ2n) is 23.7. The predicted molar refractivity (Wildman–Crippen MR) is 303 cm³/mol. The third-order valence-electron chi connectivity index (χ3n) is 17.7. The van der Waals surface area contributed by atoms with Crippen molar-refractivity contribution in [3.8, 4) is 11.3 Å². The number of fused-ring (bicyclic) bond motifs is 12. The average Bonchev–Trinajstić information content (AvgIpc) is 2.37. The Bertz CT molecular complexity index is 3630. The van der Waals surface area contributed by atoms with Crippen molar-refractivity contribution >= 4 is 62.1 Å². The number of pyridine rings is 1. The maximum Gasteiger partial charge on any atom is 0.416 e. The summed E-state index contributed by atoms with van der Waals surface area (Å²) >= 11 is 0. The minimum absolute atomic E-state index is 0.0600. The lowest BCUT2D eigenvalue weighted by Crippen LogP contribution is -2.56. The molecule has 0 radical (unpaired) electrons. The number of piperidine rings is 1. The van der Waals surface area contributed by atoms with Gasteiger partial charge in [0.1, 0.15) is 15.9 Å². The third kappa shape index (κ3) is 10.1. The van der Waals surface area contributed by atoms with E-state index in [0.717, 1.165) is 127 Å². The largest absolute Gasteiger partial charge is 0.744 e. The highest BCUT2D eigenvalue weighted by molar-refractivity contribution is 7.85. The van der Waals surface area contributed by atoms with Crippen LogP contribution in [0.15, 0.2) is 125 Å². The van der Waals surface area contributed by atoms with E-state index >= 15 is 0 Å². The smallest absolute Gasteiger partial charge is 0.416 e. The lowest BCUT2D eigenvalue weighted by Gasteiger charge is -2.45. The van der Waals surface area contributed by atoms with E-state index in [9.17, 15) is 40.5 Å². The fourth-order valence-corrected chi connectivity index (χ4v) is 14.2. The molecule has 12 rings (SSSR count). The van der Waals surface area contributed by atoms with Crippen LogP contribution in [0.5, 0.6) is 0 Å². The van der Waals surface area contributed by atoms with E-state index in [2.05, 4.69) is 77.0 Å². The normalized spacial score (nSPS) is 21.0. The Balaban J connectivity index is 0.609. The molecule has 422 valence electrons. The van der Waals surface area contributed by atoms with Crippen molar-refractivity contribution in [1.82, 2.24) is 10.3 Å². The number of unbranched alkanes of at least 4 members (excludes halogenated alkanes) is 3. The Morgan fingerprint density at radius 2 is 1.58 bits per heavy atom. The number of amides is 3. The number of anilines is 4. The highest BCUT2D eigenvalue weighted by Gasteiger charge is 2.55. The maximum absolute atomic E-state index is 14.0. The van der Waals surface area contributed by atoms with E-state index in [1.807, 2.05) is 18.2 Å². The van der Waals surface area contributed by atoms with Gasteiger partial charge in [0.2, 0.25) is 11.6 Å². The number of ether oxygens (including phenoxy) is 1. The SMILES string of the molecule is CC1(C)C2=C3C=C4C5=[N+](CCC4OC3CCN2c2ccc(CC(=O)CCCCCCC(=O)NCc3ccc(NC(=O)N4c6nc(-c7cccc(C(F)(F)F)c7)ccc6N6CCC[C@H]4C6)cc3)cc21)c1ccc(S(=O)(=O)[O-])cc1C5(C)C. The van der Waals surface area contributed by atoms with Crippen LogP contribution in [0.25, 0.3) is 11.3 Å². The second kappa shape index (κ2) is 20.7. The van der Waals surface area contributed by atoms with Gasteiger partial charge in [0, 0.05) is 103 Å². The van der Waals surface area contributed by atoms with Crippen LogP contribution in [0.1, 0.15) is 120 Å². The van der Waals surface area contributed by atoms with Crippen molar-refractivity contribution in [3.05, 3.63) is 148 Å². The molecule has 14 nitrogen and oxygen atoms in total. The molecule has 0 aliphatic carbocycles. The number of allylic oxidation sites excluding steroid dienone is 1. The number of hydrogen-bond donors (Lipinski definition) is 2. The molecule has 1 saturated heterocycles. The summed E-state index contributed by atoms with van der Waals surface area (Å²) in [6.07, 6.45) is 5.27. The number of carbonyl (C=O) groups excluding carboxylic acids is 3. The van der Waals surface area contributed by atoms with Crippen molar-refractivity contribution in [2.75, 3.05) is 46.2 Å². The van der Waals surface area contributed by atoms with Crippen LogP contribution in [-0.4, -0.2) is 90.4 Å². The van der Waals surface area contributed by atoms with E-state index in [4.69, 9.17) is 9.72 Å². The number of Topliss-reactive ketones (excluding diaryl/α,β-unsaturated/α-hetero) is 1. The number of nitrogens with one attached hydrogen (secondary N) is 2. The number of benzene rings is 4.